The number of carbonyl (C=O) groups is 4. The summed E-state index contributed by atoms with van der Waals surface area (Å²) in [5.41, 5.74) is 11.2. The summed E-state index contributed by atoms with van der Waals surface area (Å²) >= 11 is 0. The molecule has 10 N–H and O–H groups in total. The van der Waals surface area contributed by atoms with Gasteiger partial charge in [-0.05, 0) is 39.2 Å². The van der Waals surface area contributed by atoms with Crippen molar-refractivity contribution in [1.82, 2.24) is 16.0 Å². The van der Waals surface area contributed by atoms with Crippen LogP contribution in [0.4, 0.5) is 0 Å². The summed E-state index contributed by atoms with van der Waals surface area (Å²) in [7, 11) is 0. The zero-order chi connectivity index (χ0) is 24.3. The van der Waals surface area contributed by atoms with Crippen LogP contribution in [-0.2, 0) is 19.2 Å². The summed E-state index contributed by atoms with van der Waals surface area (Å²) in [6.07, 6.45) is -0.990. The van der Waals surface area contributed by atoms with E-state index < -0.39 is 66.0 Å². The van der Waals surface area contributed by atoms with Crippen LogP contribution in [-0.4, -0.2) is 81.9 Å². The summed E-state index contributed by atoms with van der Waals surface area (Å²) in [6, 6.07) is -5.02. The Labute approximate surface area is 182 Å². The highest BCUT2D eigenvalue weighted by Gasteiger charge is 2.34. The van der Waals surface area contributed by atoms with Gasteiger partial charge in [0.05, 0.1) is 18.2 Å². The summed E-state index contributed by atoms with van der Waals surface area (Å²) in [5.74, 6) is -4.20. The van der Waals surface area contributed by atoms with E-state index in [9.17, 15) is 29.4 Å². The Morgan fingerprint density at radius 1 is 0.774 bits per heavy atom. The molecule has 0 aliphatic heterocycles. The monoisotopic (exact) mass is 447 g/mol. The van der Waals surface area contributed by atoms with E-state index in [1.165, 1.54) is 13.8 Å². The molecule has 0 aliphatic rings. The van der Waals surface area contributed by atoms with Crippen molar-refractivity contribution in [3.63, 3.8) is 0 Å². The molecule has 180 valence electrons. The average molecular weight is 448 g/mol. The van der Waals surface area contributed by atoms with Gasteiger partial charge in [-0.15, -0.1) is 0 Å². The number of amides is 3. The molecule has 0 saturated carbocycles. The van der Waals surface area contributed by atoms with Crippen LogP contribution in [0.5, 0.6) is 0 Å². The lowest BCUT2D eigenvalue weighted by Gasteiger charge is -2.28. The third-order valence-electron chi connectivity index (χ3n) is 4.66. The summed E-state index contributed by atoms with van der Waals surface area (Å²) in [4.78, 5) is 48.7. The highest BCUT2D eigenvalue weighted by Crippen LogP contribution is 2.06. The molecule has 0 radical (unpaired) electrons. The number of aliphatic hydroxyl groups excluding tert-OH is 2. The molecule has 6 unspecified atom stereocenters. The van der Waals surface area contributed by atoms with E-state index in [4.69, 9.17) is 16.6 Å². The van der Waals surface area contributed by atoms with E-state index >= 15 is 0 Å². The minimum Gasteiger partial charge on any atom is -0.480 e. The highest BCUT2D eigenvalue weighted by molar-refractivity contribution is 5.94. The van der Waals surface area contributed by atoms with Gasteiger partial charge in [-0.25, -0.2) is 4.79 Å². The fourth-order valence-electron chi connectivity index (χ4n) is 2.71. The normalized spacial score (nSPS) is 17.1. The van der Waals surface area contributed by atoms with Crippen LogP contribution in [0.25, 0.3) is 0 Å². The Hall–Kier alpha value is -2.28. The van der Waals surface area contributed by atoms with E-state index in [1.54, 1.807) is 13.8 Å². The van der Waals surface area contributed by atoms with Gasteiger partial charge in [0.1, 0.15) is 12.1 Å². The van der Waals surface area contributed by atoms with Gasteiger partial charge in [-0.1, -0.05) is 20.3 Å². The lowest BCUT2D eigenvalue weighted by atomic mass is 10.0. The van der Waals surface area contributed by atoms with Crippen molar-refractivity contribution in [2.75, 3.05) is 6.54 Å². The van der Waals surface area contributed by atoms with E-state index in [0.29, 0.717) is 25.8 Å². The summed E-state index contributed by atoms with van der Waals surface area (Å²) in [5, 5.41) is 35.6. The van der Waals surface area contributed by atoms with Crippen LogP contribution in [0.1, 0.15) is 47.0 Å². The van der Waals surface area contributed by atoms with Crippen molar-refractivity contribution in [2.24, 2.45) is 17.4 Å². The Balaban J connectivity index is 5.25. The maximum Gasteiger partial charge on any atom is 0.328 e. The molecular formula is C19H37N5O7. The van der Waals surface area contributed by atoms with Gasteiger partial charge in [0, 0.05) is 0 Å². The van der Waals surface area contributed by atoms with Crippen LogP contribution < -0.4 is 27.4 Å². The van der Waals surface area contributed by atoms with Crippen molar-refractivity contribution in [2.45, 2.75) is 83.3 Å². The Kier molecular flexibility index (Phi) is 12.9. The minimum absolute atomic E-state index is 0.351. The van der Waals surface area contributed by atoms with Crippen LogP contribution in [0.2, 0.25) is 0 Å². The summed E-state index contributed by atoms with van der Waals surface area (Å²) in [6.45, 7) is 6.20. The Morgan fingerprint density at radius 3 is 1.65 bits per heavy atom. The van der Waals surface area contributed by atoms with Crippen LogP contribution in [0.3, 0.4) is 0 Å². The number of hydrogen-bond donors (Lipinski definition) is 8. The molecule has 0 fully saturated rings. The zero-order valence-electron chi connectivity index (χ0n) is 18.5. The van der Waals surface area contributed by atoms with Crippen molar-refractivity contribution >= 4 is 23.7 Å². The van der Waals surface area contributed by atoms with E-state index in [-0.39, 0.29) is 0 Å². The number of rotatable bonds is 14. The van der Waals surface area contributed by atoms with Crippen molar-refractivity contribution in [3.05, 3.63) is 0 Å². The molecule has 12 heteroatoms. The van der Waals surface area contributed by atoms with Crippen molar-refractivity contribution < 1.29 is 34.5 Å². The fourth-order valence-corrected chi connectivity index (χ4v) is 2.71. The fraction of sp³-hybridized carbons (Fsp3) is 0.789. The van der Waals surface area contributed by atoms with Gasteiger partial charge in [0.15, 0.2) is 6.04 Å². The first-order valence-electron chi connectivity index (χ1n) is 10.3. The van der Waals surface area contributed by atoms with Crippen LogP contribution in [0.15, 0.2) is 0 Å². The van der Waals surface area contributed by atoms with Crippen LogP contribution in [0, 0.1) is 5.92 Å². The topological polar surface area (TPSA) is 217 Å². The molecule has 3 amide bonds. The second-order valence-electron chi connectivity index (χ2n) is 7.91. The van der Waals surface area contributed by atoms with Gasteiger partial charge < -0.3 is 42.7 Å². The zero-order valence-corrected chi connectivity index (χ0v) is 18.5. The molecule has 0 rings (SSSR count). The number of nitrogens with two attached hydrogens (primary N) is 2. The first kappa shape index (κ1) is 28.7. The SMILES string of the molecule is CC(C)C(NC(=O)C(NC(=O)C(N)CCCCN)C(C)O)C(=O)NC(C(=O)O)C(C)O. The predicted octanol–water partition coefficient (Wildman–Crippen LogP) is -2.60. The number of unbranched alkanes of at least 4 members (excludes halogenated alkanes) is 1. The maximum absolute atomic E-state index is 12.7. The molecular weight excluding hydrogens is 410 g/mol. The number of nitrogens with one attached hydrogen (secondary N) is 3. The Morgan fingerprint density at radius 2 is 1.23 bits per heavy atom. The van der Waals surface area contributed by atoms with E-state index in [2.05, 4.69) is 16.0 Å². The molecule has 0 aliphatic carbocycles. The molecule has 12 nitrogen and oxygen atoms in total. The number of carbonyl (C=O) groups excluding carboxylic acids is 3. The van der Waals surface area contributed by atoms with Gasteiger partial charge in [0.2, 0.25) is 17.7 Å². The summed E-state index contributed by atoms with van der Waals surface area (Å²) < 4.78 is 0. The number of carboxylic acid groups (broad SMARTS) is 1. The molecule has 6 atom stereocenters. The maximum atomic E-state index is 12.7. The van der Waals surface area contributed by atoms with Crippen LogP contribution >= 0.6 is 0 Å². The molecule has 0 heterocycles. The smallest absolute Gasteiger partial charge is 0.328 e. The van der Waals surface area contributed by atoms with Gasteiger partial charge >= 0.3 is 5.97 Å². The number of aliphatic carboxylic acids is 1. The first-order valence-corrected chi connectivity index (χ1v) is 10.3. The quantitative estimate of drug-likeness (QED) is 0.131. The van der Waals surface area contributed by atoms with Gasteiger partial charge in [-0.2, -0.15) is 0 Å². The molecule has 0 saturated heterocycles. The third kappa shape index (κ3) is 10.0. The molecule has 0 aromatic heterocycles. The second-order valence-corrected chi connectivity index (χ2v) is 7.91. The molecule has 0 bridgehead atoms. The standard InChI is InChI=1S/C19H37N5O7/c1-9(2)13(17(28)24-15(11(4)26)19(30)31)22-18(29)14(10(3)25)23-16(27)12(21)7-5-6-8-20/h9-15,25-26H,5-8,20-21H2,1-4H3,(H,22,29)(H,23,27)(H,24,28)(H,30,31). The third-order valence-corrected chi connectivity index (χ3v) is 4.66. The lowest BCUT2D eigenvalue weighted by molar-refractivity contribution is -0.145. The largest absolute Gasteiger partial charge is 0.480 e. The van der Waals surface area contributed by atoms with Gasteiger partial charge in [0.25, 0.3) is 0 Å². The molecule has 0 spiro atoms. The number of aliphatic hydroxyl groups is 2. The van der Waals surface area contributed by atoms with Gasteiger partial charge in [-0.3, -0.25) is 14.4 Å². The van der Waals surface area contributed by atoms with E-state index in [1.807, 2.05) is 0 Å². The average Bonchev–Trinajstić information content (AvgIpc) is 2.66. The number of hydrogen-bond acceptors (Lipinski definition) is 8. The van der Waals surface area contributed by atoms with E-state index in [0.717, 1.165) is 0 Å². The first-order chi connectivity index (χ1) is 14.3. The highest BCUT2D eigenvalue weighted by atomic mass is 16.4. The minimum atomic E-state index is -1.57. The number of carboxylic acids is 1. The second kappa shape index (κ2) is 13.9. The Bertz CT molecular complexity index is 612. The predicted molar refractivity (Wildman–Crippen MR) is 113 cm³/mol. The lowest BCUT2D eigenvalue weighted by Crippen LogP contribution is -2.61. The van der Waals surface area contributed by atoms with Crippen molar-refractivity contribution in [1.29, 1.82) is 0 Å². The molecule has 0 aromatic rings. The molecule has 31 heavy (non-hydrogen) atoms. The van der Waals surface area contributed by atoms with Crippen molar-refractivity contribution in [3.8, 4) is 0 Å². The molecule has 0 aromatic carbocycles.